The Morgan fingerprint density at radius 1 is 1.14 bits per heavy atom. The summed E-state index contributed by atoms with van der Waals surface area (Å²) in [6.45, 7) is -0.0499. The van der Waals surface area contributed by atoms with Gasteiger partial charge in [-0.25, -0.2) is 0 Å². The molecule has 9 heteroatoms. The number of carbonyl (C=O) groups is 1. The standard InChI is InChI=1S/C19H15F3O6/c20-19(21,22)12-3-11(18-16(5-12)27-9-28-18)8-25-13-1-2-14-10(4-17(23)24)7-26-15(14)6-13/h1-3,5-6,10H,4,7-9H2,(H,23,24). The molecule has 2 aliphatic rings. The van der Waals surface area contributed by atoms with E-state index in [1.807, 2.05) is 0 Å². The van der Waals surface area contributed by atoms with Gasteiger partial charge in [-0.3, -0.25) is 4.79 Å². The van der Waals surface area contributed by atoms with Gasteiger partial charge in [0, 0.05) is 23.1 Å². The molecule has 0 saturated heterocycles. The summed E-state index contributed by atoms with van der Waals surface area (Å²) in [6.07, 6.45) is -4.56. The summed E-state index contributed by atoms with van der Waals surface area (Å²) in [7, 11) is 0. The molecule has 2 aromatic rings. The molecule has 2 aliphatic heterocycles. The van der Waals surface area contributed by atoms with Crippen molar-refractivity contribution in [1.29, 1.82) is 0 Å². The Kier molecular flexibility index (Phi) is 4.44. The largest absolute Gasteiger partial charge is 0.492 e. The lowest BCUT2D eigenvalue weighted by Crippen LogP contribution is -2.07. The summed E-state index contributed by atoms with van der Waals surface area (Å²) >= 11 is 0. The monoisotopic (exact) mass is 396 g/mol. The summed E-state index contributed by atoms with van der Waals surface area (Å²) in [4.78, 5) is 10.9. The van der Waals surface area contributed by atoms with E-state index < -0.39 is 17.7 Å². The molecule has 0 radical (unpaired) electrons. The number of aliphatic carboxylic acids is 1. The molecule has 1 unspecified atom stereocenters. The first-order chi connectivity index (χ1) is 13.3. The number of carboxylic acids is 1. The second-order valence-electron chi connectivity index (χ2n) is 6.46. The third-order valence-corrected chi connectivity index (χ3v) is 4.56. The molecule has 0 amide bonds. The van der Waals surface area contributed by atoms with Gasteiger partial charge in [-0.2, -0.15) is 13.2 Å². The van der Waals surface area contributed by atoms with E-state index in [1.54, 1.807) is 18.2 Å². The molecule has 0 fully saturated rings. The van der Waals surface area contributed by atoms with E-state index in [1.165, 1.54) is 0 Å². The topological polar surface area (TPSA) is 74.2 Å². The summed E-state index contributed by atoms with van der Waals surface area (Å²) < 4.78 is 60.7. The van der Waals surface area contributed by atoms with Gasteiger partial charge in [0.25, 0.3) is 0 Å². The Hall–Kier alpha value is -3.10. The van der Waals surface area contributed by atoms with Gasteiger partial charge in [-0.05, 0) is 18.2 Å². The van der Waals surface area contributed by atoms with Gasteiger partial charge in [0.2, 0.25) is 6.79 Å². The van der Waals surface area contributed by atoms with E-state index >= 15 is 0 Å². The zero-order valence-electron chi connectivity index (χ0n) is 14.4. The number of hydrogen-bond acceptors (Lipinski definition) is 5. The molecule has 148 valence electrons. The Labute approximate surface area is 157 Å². The molecule has 2 heterocycles. The zero-order valence-corrected chi connectivity index (χ0v) is 14.4. The smallest absolute Gasteiger partial charge is 0.416 e. The van der Waals surface area contributed by atoms with Crippen LogP contribution in [0.3, 0.4) is 0 Å². The van der Waals surface area contributed by atoms with Gasteiger partial charge in [-0.1, -0.05) is 6.07 Å². The van der Waals surface area contributed by atoms with E-state index in [0.29, 0.717) is 11.5 Å². The number of alkyl halides is 3. The fourth-order valence-corrected chi connectivity index (χ4v) is 3.24. The molecule has 2 aromatic carbocycles. The van der Waals surface area contributed by atoms with Gasteiger partial charge in [0.1, 0.15) is 18.1 Å². The molecule has 1 N–H and O–H groups in total. The Balaban J connectivity index is 1.53. The van der Waals surface area contributed by atoms with Crippen molar-refractivity contribution in [1.82, 2.24) is 0 Å². The molecule has 0 aromatic heterocycles. The summed E-state index contributed by atoms with van der Waals surface area (Å²) in [5.74, 6) is 0.00722. The maximum Gasteiger partial charge on any atom is 0.416 e. The van der Waals surface area contributed by atoms with Crippen molar-refractivity contribution in [2.24, 2.45) is 0 Å². The Morgan fingerprint density at radius 2 is 1.96 bits per heavy atom. The molecule has 6 nitrogen and oxygen atoms in total. The highest BCUT2D eigenvalue weighted by Gasteiger charge is 2.34. The second kappa shape index (κ2) is 6.81. The van der Waals surface area contributed by atoms with Gasteiger partial charge in [-0.15, -0.1) is 0 Å². The van der Waals surface area contributed by atoms with Gasteiger partial charge < -0.3 is 24.1 Å². The van der Waals surface area contributed by atoms with Crippen molar-refractivity contribution in [2.45, 2.75) is 25.1 Å². The molecule has 28 heavy (non-hydrogen) atoms. The van der Waals surface area contributed by atoms with Crippen molar-refractivity contribution < 1.29 is 42.0 Å². The van der Waals surface area contributed by atoms with Crippen molar-refractivity contribution in [3.63, 3.8) is 0 Å². The van der Waals surface area contributed by atoms with Crippen LogP contribution in [0.25, 0.3) is 0 Å². The molecule has 0 spiro atoms. The average Bonchev–Trinajstić information content (AvgIpc) is 3.25. The third kappa shape index (κ3) is 3.51. The normalized spacial score (nSPS) is 17.2. The Bertz CT molecular complexity index is 925. The predicted octanol–water partition coefficient (Wildman–Crippen LogP) is 3.96. The van der Waals surface area contributed by atoms with Crippen molar-refractivity contribution in [3.8, 4) is 23.0 Å². The van der Waals surface area contributed by atoms with Crippen LogP contribution in [0.4, 0.5) is 13.2 Å². The van der Waals surface area contributed by atoms with Crippen LogP contribution in [0.5, 0.6) is 23.0 Å². The first-order valence-corrected chi connectivity index (χ1v) is 8.42. The molecule has 0 bridgehead atoms. The number of hydrogen-bond donors (Lipinski definition) is 1. The first kappa shape index (κ1) is 18.3. The fourth-order valence-electron chi connectivity index (χ4n) is 3.24. The van der Waals surface area contributed by atoms with Gasteiger partial charge >= 0.3 is 12.1 Å². The van der Waals surface area contributed by atoms with Crippen LogP contribution in [0, 0.1) is 0 Å². The maximum atomic E-state index is 13.1. The van der Waals surface area contributed by atoms with Crippen LogP contribution < -0.4 is 18.9 Å². The van der Waals surface area contributed by atoms with E-state index in [0.717, 1.165) is 17.7 Å². The molecule has 1 atom stereocenters. The highest BCUT2D eigenvalue weighted by Crippen LogP contribution is 2.42. The molecule has 4 rings (SSSR count). The maximum absolute atomic E-state index is 13.1. The molecular formula is C19H15F3O6. The van der Waals surface area contributed by atoms with Gasteiger partial charge in [0.15, 0.2) is 11.5 Å². The minimum atomic E-state index is -4.52. The number of fused-ring (bicyclic) bond motifs is 2. The average molecular weight is 396 g/mol. The lowest BCUT2D eigenvalue weighted by atomic mass is 9.98. The number of ether oxygens (including phenoxy) is 4. The summed E-state index contributed by atoms with van der Waals surface area (Å²) in [5.41, 5.74) is 0.142. The van der Waals surface area contributed by atoms with Gasteiger partial charge in [0.05, 0.1) is 18.6 Å². The van der Waals surface area contributed by atoms with Crippen LogP contribution in [0.1, 0.15) is 29.0 Å². The van der Waals surface area contributed by atoms with E-state index in [2.05, 4.69) is 0 Å². The first-order valence-electron chi connectivity index (χ1n) is 8.42. The van der Waals surface area contributed by atoms with Crippen molar-refractivity contribution >= 4 is 5.97 Å². The van der Waals surface area contributed by atoms with E-state index in [4.69, 9.17) is 24.1 Å². The van der Waals surface area contributed by atoms with Crippen LogP contribution in [0.2, 0.25) is 0 Å². The highest BCUT2D eigenvalue weighted by molar-refractivity contribution is 5.68. The quantitative estimate of drug-likeness (QED) is 0.825. The van der Waals surface area contributed by atoms with Crippen LogP contribution in [-0.2, 0) is 17.6 Å². The van der Waals surface area contributed by atoms with Crippen molar-refractivity contribution in [2.75, 3.05) is 13.4 Å². The second-order valence-corrected chi connectivity index (χ2v) is 6.46. The molecular weight excluding hydrogens is 381 g/mol. The predicted molar refractivity (Wildman–Crippen MR) is 88.8 cm³/mol. The SMILES string of the molecule is O=C(O)CC1COc2cc(OCc3cc(C(F)(F)F)cc4c3OCO4)ccc21. The minimum Gasteiger partial charge on any atom is -0.492 e. The summed E-state index contributed by atoms with van der Waals surface area (Å²) in [5, 5.41) is 8.94. The lowest BCUT2D eigenvalue weighted by molar-refractivity contribution is -0.138. The highest BCUT2D eigenvalue weighted by atomic mass is 19.4. The number of rotatable bonds is 5. The number of halogens is 3. The van der Waals surface area contributed by atoms with Crippen LogP contribution >= 0.6 is 0 Å². The van der Waals surface area contributed by atoms with E-state index in [9.17, 15) is 18.0 Å². The number of carboxylic acid groups (broad SMARTS) is 1. The molecule has 0 saturated carbocycles. The minimum absolute atomic E-state index is 0.0298. The molecule has 0 aliphatic carbocycles. The van der Waals surface area contributed by atoms with E-state index in [-0.39, 0.29) is 49.4 Å². The third-order valence-electron chi connectivity index (χ3n) is 4.56. The van der Waals surface area contributed by atoms with Crippen LogP contribution in [0.15, 0.2) is 30.3 Å². The Morgan fingerprint density at radius 3 is 2.71 bits per heavy atom. The zero-order chi connectivity index (χ0) is 19.9. The number of benzene rings is 2. The fraction of sp³-hybridized carbons (Fsp3) is 0.316. The lowest BCUT2D eigenvalue weighted by Gasteiger charge is -2.13. The van der Waals surface area contributed by atoms with Crippen molar-refractivity contribution in [3.05, 3.63) is 47.0 Å². The summed E-state index contributed by atoms with van der Waals surface area (Å²) in [6, 6.07) is 6.81. The van der Waals surface area contributed by atoms with Crippen LogP contribution in [-0.4, -0.2) is 24.5 Å².